The van der Waals surface area contributed by atoms with Gasteiger partial charge in [0.25, 0.3) is 0 Å². The summed E-state index contributed by atoms with van der Waals surface area (Å²) in [5.74, 6) is 0. The summed E-state index contributed by atoms with van der Waals surface area (Å²) < 4.78 is 2.08. The second kappa shape index (κ2) is 9.85. The lowest BCUT2D eigenvalue weighted by Gasteiger charge is -2.18. The Morgan fingerprint density at radius 3 is 2.37 bits per heavy atom. The number of nitrogens with one attached hydrogen (secondary N) is 1. The molecule has 3 N–H and O–H groups in total. The SMILES string of the molecule is C[NH+](C)[C@H](C[NH2+]Cc1cn(Cc2ccccc2)nc1-c1ccccc1)c1cccs1. The Bertz CT molecular complexity index is 1020. The summed E-state index contributed by atoms with van der Waals surface area (Å²) in [6, 6.07) is 26.0. The number of thiophene rings is 1. The second-order valence-electron chi connectivity index (χ2n) is 7.93. The zero-order valence-electron chi connectivity index (χ0n) is 17.7. The molecule has 0 aliphatic rings. The van der Waals surface area contributed by atoms with Crippen LogP contribution in [0.25, 0.3) is 11.3 Å². The molecule has 0 saturated heterocycles. The molecule has 0 unspecified atom stereocenters. The van der Waals surface area contributed by atoms with Gasteiger partial charge in [-0.2, -0.15) is 5.10 Å². The summed E-state index contributed by atoms with van der Waals surface area (Å²) >= 11 is 1.85. The van der Waals surface area contributed by atoms with Crippen molar-refractivity contribution in [1.82, 2.24) is 9.78 Å². The first kappa shape index (κ1) is 20.5. The zero-order valence-corrected chi connectivity index (χ0v) is 18.5. The van der Waals surface area contributed by atoms with Crippen molar-refractivity contribution in [2.75, 3.05) is 20.6 Å². The smallest absolute Gasteiger partial charge is 0.171 e. The van der Waals surface area contributed by atoms with E-state index < -0.39 is 0 Å². The van der Waals surface area contributed by atoms with Crippen LogP contribution in [0.15, 0.2) is 84.4 Å². The Labute approximate surface area is 182 Å². The lowest BCUT2D eigenvalue weighted by Crippen LogP contribution is -3.09. The van der Waals surface area contributed by atoms with Gasteiger partial charge in [0.1, 0.15) is 18.8 Å². The quantitative estimate of drug-likeness (QED) is 0.431. The first-order valence-electron chi connectivity index (χ1n) is 10.5. The first-order chi connectivity index (χ1) is 14.7. The fourth-order valence-electron chi connectivity index (χ4n) is 3.83. The van der Waals surface area contributed by atoms with E-state index in [2.05, 4.69) is 108 Å². The second-order valence-corrected chi connectivity index (χ2v) is 8.91. The summed E-state index contributed by atoms with van der Waals surface area (Å²) in [6.45, 7) is 2.77. The molecule has 154 valence electrons. The minimum atomic E-state index is 0.504. The van der Waals surface area contributed by atoms with Crippen molar-refractivity contribution in [3.8, 4) is 11.3 Å². The van der Waals surface area contributed by atoms with Crippen molar-refractivity contribution in [2.24, 2.45) is 0 Å². The Kier molecular flexibility index (Phi) is 6.74. The average Bonchev–Trinajstić information content (AvgIpc) is 3.43. The highest BCUT2D eigenvalue weighted by Gasteiger charge is 2.21. The third kappa shape index (κ3) is 5.05. The average molecular weight is 419 g/mol. The molecular weight excluding hydrogens is 388 g/mol. The van der Waals surface area contributed by atoms with Crippen molar-refractivity contribution in [3.63, 3.8) is 0 Å². The van der Waals surface area contributed by atoms with Gasteiger partial charge in [-0.05, 0) is 17.0 Å². The Morgan fingerprint density at radius 2 is 1.70 bits per heavy atom. The minimum absolute atomic E-state index is 0.504. The fourth-order valence-corrected chi connectivity index (χ4v) is 4.80. The summed E-state index contributed by atoms with van der Waals surface area (Å²) in [5.41, 5.74) is 4.83. The van der Waals surface area contributed by atoms with Crippen molar-refractivity contribution in [2.45, 2.75) is 19.1 Å². The summed E-state index contributed by atoms with van der Waals surface area (Å²) in [5, 5.41) is 9.55. The van der Waals surface area contributed by atoms with Gasteiger partial charge < -0.3 is 10.2 Å². The monoisotopic (exact) mass is 418 g/mol. The van der Waals surface area contributed by atoms with Crippen LogP contribution < -0.4 is 10.2 Å². The maximum absolute atomic E-state index is 4.95. The van der Waals surface area contributed by atoms with Gasteiger partial charge in [-0.3, -0.25) is 4.68 Å². The molecule has 5 heteroatoms. The molecule has 0 fully saturated rings. The highest BCUT2D eigenvalue weighted by molar-refractivity contribution is 7.10. The van der Waals surface area contributed by atoms with E-state index in [1.165, 1.54) is 26.5 Å². The van der Waals surface area contributed by atoms with Crippen LogP contribution in [0.2, 0.25) is 0 Å². The number of hydrogen-bond donors (Lipinski definition) is 2. The summed E-state index contributed by atoms with van der Waals surface area (Å²) in [4.78, 5) is 2.92. The van der Waals surface area contributed by atoms with Gasteiger partial charge in [-0.25, -0.2) is 0 Å². The van der Waals surface area contributed by atoms with Crippen molar-refractivity contribution in [3.05, 3.63) is 100 Å². The number of nitrogens with two attached hydrogens (primary N) is 1. The van der Waals surface area contributed by atoms with Crippen LogP contribution in [0.3, 0.4) is 0 Å². The van der Waals surface area contributed by atoms with Crippen LogP contribution in [-0.2, 0) is 13.1 Å². The molecule has 0 saturated carbocycles. The van der Waals surface area contributed by atoms with Crippen LogP contribution in [0.4, 0.5) is 0 Å². The fraction of sp³-hybridized carbons (Fsp3) is 0.240. The number of hydrogen-bond acceptors (Lipinski definition) is 2. The van der Waals surface area contributed by atoms with Gasteiger partial charge in [0.2, 0.25) is 0 Å². The molecule has 0 bridgehead atoms. The van der Waals surface area contributed by atoms with E-state index in [9.17, 15) is 0 Å². The zero-order chi connectivity index (χ0) is 20.8. The molecule has 4 rings (SSSR count). The van der Waals surface area contributed by atoms with Gasteiger partial charge in [0.05, 0.1) is 31.1 Å². The number of nitrogens with zero attached hydrogens (tertiary/aromatic N) is 2. The molecule has 4 aromatic rings. The van der Waals surface area contributed by atoms with Crippen LogP contribution in [0, 0.1) is 0 Å². The largest absolute Gasteiger partial charge is 0.337 e. The van der Waals surface area contributed by atoms with E-state index in [0.717, 1.165) is 25.3 Å². The number of likely N-dealkylation sites (N-methyl/N-ethyl adjacent to an activating group) is 1. The molecule has 0 amide bonds. The normalized spacial score (nSPS) is 12.4. The van der Waals surface area contributed by atoms with Crippen molar-refractivity contribution in [1.29, 1.82) is 0 Å². The van der Waals surface area contributed by atoms with E-state index >= 15 is 0 Å². The molecule has 0 radical (unpaired) electrons. The lowest BCUT2D eigenvalue weighted by atomic mass is 10.1. The van der Waals surface area contributed by atoms with Crippen molar-refractivity contribution < 1.29 is 10.2 Å². The Morgan fingerprint density at radius 1 is 0.967 bits per heavy atom. The molecule has 4 nitrogen and oxygen atoms in total. The van der Waals surface area contributed by atoms with E-state index in [1.807, 2.05) is 11.3 Å². The molecular formula is C25H30N4S+2. The molecule has 30 heavy (non-hydrogen) atoms. The third-order valence-electron chi connectivity index (χ3n) is 5.42. The summed E-state index contributed by atoms with van der Waals surface area (Å²) in [7, 11) is 4.48. The van der Waals surface area contributed by atoms with Crippen LogP contribution in [-0.4, -0.2) is 30.4 Å². The number of aromatic nitrogens is 2. The maximum atomic E-state index is 4.95. The van der Waals surface area contributed by atoms with Gasteiger partial charge in [-0.1, -0.05) is 66.7 Å². The van der Waals surface area contributed by atoms with Crippen molar-refractivity contribution >= 4 is 11.3 Å². The summed E-state index contributed by atoms with van der Waals surface area (Å²) in [6.07, 6.45) is 2.22. The highest BCUT2D eigenvalue weighted by atomic mass is 32.1. The van der Waals surface area contributed by atoms with Crippen LogP contribution >= 0.6 is 11.3 Å². The number of rotatable bonds is 9. The first-order valence-corrected chi connectivity index (χ1v) is 11.4. The number of benzene rings is 2. The molecule has 1 atom stereocenters. The van der Waals surface area contributed by atoms with Gasteiger partial charge in [0.15, 0.2) is 6.04 Å². The van der Waals surface area contributed by atoms with Gasteiger partial charge >= 0.3 is 0 Å². The molecule has 0 aliphatic carbocycles. The lowest BCUT2D eigenvalue weighted by molar-refractivity contribution is -0.910. The van der Waals surface area contributed by atoms with Gasteiger partial charge in [-0.15, -0.1) is 11.3 Å². The Hall–Kier alpha value is -2.73. The highest BCUT2D eigenvalue weighted by Crippen LogP contribution is 2.22. The predicted octanol–water partition coefficient (Wildman–Crippen LogP) is 2.61. The minimum Gasteiger partial charge on any atom is -0.337 e. The molecule has 2 aromatic carbocycles. The van der Waals surface area contributed by atoms with E-state index in [0.29, 0.717) is 6.04 Å². The van der Waals surface area contributed by atoms with Crippen LogP contribution in [0.1, 0.15) is 22.0 Å². The van der Waals surface area contributed by atoms with Gasteiger partial charge in [0, 0.05) is 11.8 Å². The third-order valence-corrected chi connectivity index (χ3v) is 6.41. The maximum Gasteiger partial charge on any atom is 0.171 e. The number of quaternary nitrogens is 2. The van der Waals surface area contributed by atoms with E-state index in [4.69, 9.17) is 5.10 Å². The topological polar surface area (TPSA) is 38.9 Å². The predicted molar refractivity (Wildman–Crippen MR) is 124 cm³/mol. The van der Waals surface area contributed by atoms with E-state index in [-0.39, 0.29) is 0 Å². The van der Waals surface area contributed by atoms with Crippen LogP contribution in [0.5, 0.6) is 0 Å². The Balaban J connectivity index is 1.52. The standard InChI is InChI=1S/C25H28N4S/c1-28(2)23(24-14-9-15-30-24)17-26-16-22-19-29(18-20-10-5-3-6-11-20)27-25(22)21-12-7-4-8-13-21/h3-15,19,23,26H,16-18H2,1-2H3/p+2/t23-/m1/s1. The molecule has 0 aliphatic heterocycles. The van der Waals surface area contributed by atoms with E-state index in [1.54, 1.807) is 0 Å². The molecule has 0 spiro atoms. The molecule has 2 aromatic heterocycles. The molecule has 2 heterocycles.